The largest absolute Gasteiger partial charge is 0.495 e. The third-order valence-corrected chi connectivity index (χ3v) is 5.72. The number of rotatable bonds is 7. The van der Waals surface area contributed by atoms with Crippen LogP contribution in [0.25, 0.3) is 0 Å². The first-order chi connectivity index (χ1) is 14.9. The maximum absolute atomic E-state index is 13.3. The molecule has 31 heavy (non-hydrogen) atoms. The standard InChI is InChI=1S/C25H33N3O3/c1-18(2)17-21(26-24(29)20-10-6-5-9-19(20)3)25(30)28-15-13-27(14-16-28)22-11-7-8-12-23(22)31-4/h5-12,18,21H,13-17H2,1-4H3,(H,26,29)/t21-/m1/s1. The van der Waals surface area contributed by atoms with Gasteiger partial charge in [0.1, 0.15) is 11.8 Å². The third kappa shape index (κ3) is 5.57. The fourth-order valence-corrected chi connectivity index (χ4v) is 4.04. The molecule has 6 nitrogen and oxygen atoms in total. The number of amides is 2. The summed E-state index contributed by atoms with van der Waals surface area (Å²) in [5, 5.41) is 3.00. The monoisotopic (exact) mass is 423 g/mol. The molecule has 6 heteroatoms. The van der Waals surface area contributed by atoms with Crippen molar-refractivity contribution in [2.24, 2.45) is 5.92 Å². The van der Waals surface area contributed by atoms with E-state index in [-0.39, 0.29) is 11.8 Å². The molecule has 1 aliphatic rings. The van der Waals surface area contributed by atoms with Crippen molar-refractivity contribution in [3.63, 3.8) is 0 Å². The molecule has 0 spiro atoms. The number of hydrogen-bond acceptors (Lipinski definition) is 4. The Balaban J connectivity index is 1.67. The highest BCUT2D eigenvalue weighted by atomic mass is 16.5. The van der Waals surface area contributed by atoms with Gasteiger partial charge in [-0.2, -0.15) is 0 Å². The molecule has 166 valence electrons. The van der Waals surface area contributed by atoms with Crippen LogP contribution in [0.4, 0.5) is 5.69 Å². The number of aryl methyl sites for hydroxylation is 1. The second kappa shape index (κ2) is 10.3. The van der Waals surface area contributed by atoms with E-state index in [1.807, 2.05) is 54.3 Å². The van der Waals surface area contributed by atoms with E-state index in [4.69, 9.17) is 4.74 Å². The Morgan fingerprint density at radius 2 is 1.65 bits per heavy atom. The van der Waals surface area contributed by atoms with Crippen molar-refractivity contribution in [2.75, 3.05) is 38.2 Å². The molecule has 1 heterocycles. The Morgan fingerprint density at radius 1 is 1.00 bits per heavy atom. The summed E-state index contributed by atoms with van der Waals surface area (Å²) in [5.74, 6) is 0.937. The van der Waals surface area contributed by atoms with Gasteiger partial charge in [-0.05, 0) is 43.0 Å². The molecule has 2 aromatic rings. The molecular formula is C25H33N3O3. The molecule has 0 aliphatic carbocycles. The lowest BCUT2D eigenvalue weighted by Crippen LogP contribution is -2.55. The molecule has 0 saturated carbocycles. The summed E-state index contributed by atoms with van der Waals surface area (Å²) in [5.41, 5.74) is 2.56. The Labute approximate surface area is 185 Å². The molecule has 1 saturated heterocycles. The first kappa shape index (κ1) is 22.7. The summed E-state index contributed by atoms with van der Waals surface area (Å²) < 4.78 is 5.48. The van der Waals surface area contributed by atoms with E-state index < -0.39 is 6.04 Å². The smallest absolute Gasteiger partial charge is 0.252 e. The van der Waals surface area contributed by atoms with E-state index in [0.29, 0.717) is 31.0 Å². The summed E-state index contributed by atoms with van der Waals surface area (Å²) in [7, 11) is 1.67. The molecular weight excluding hydrogens is 390 g/mol. The van der Waals surface area contributed by atoms with E-state index in [1.165, 1.54) is 0 Å². The summed E-state index contributed by atoms with van der Waals surface area (Å²) in [6.45, 7) is 8.74. The molecule has 3 rings (SSSR count). The lowest BCUT2D eigenvalue weighted by Gasteiger charge is -2.38. The van der Waals surface area contributed by atoms with Crippen molar-refractivity contribution in [1.82, 2.24) is 10.2 Å². The second-order valence-electron chi connectivity index (χ2n) is 8.45. The van der Waals surface area contributed by atoms with E-state index in [1.54, 1.807) is 13.2 Å². The van der Waals surface area contributed by atoms with Gasteiger partial charge in [0.2, 0.25) is 5.91 Å². The predicted molar refractivity (Wildman–Crippen MR) is 124 cm³/mol. The SMILES string of the molecule is COc1ccccc1N1CCN(C(=O)[C@@H](CC(C)C)NC(=O)c2ccccc2C)CC1. The number of carbonyl (C=O) groups excluding carboxylic acids is 2. The Hall–Kier alpha value is -3.02. The average molecular weight is 424 g/mol. The molecule has 1 N–H and O–H groups in total. The summed E-state index contributed by atoms with van der Waals surface area (Å²) in [6, 6.07) is 14.9. The summed E-state index contributed by atoms with van der Waals surface area (Å²) in [4.78, 5) is 30.3. The van der Waals surface area contributed by atoms with Gasteiger partial charge in [0.25, 0.3) is 5.91 Å². The number of para-hydroxylation sites is 2. The predicted octanol–water partition coefficient (Wildman–Crippen LogP) is 3.50. The van der Waals surface area contributed by atoms with Crippen molar-refractivity contribution in [1.29, 1.82) is 0 Å². The van der Waals surface area contributed by atoms with Crippen LogP contribution in [0.5, 0.6) is 5.75 Å². The van der Waals surface area contributed by atoms with Crippen molar-refractivity contribution < 1.29 is 14.3 Å². The number of hydrogen-bond donors (Lipinski definition) is 1. The number of ether oxygens (including phenoxy) is 1. The fraction of sp³-hybridized carbons (Fsp3) is 0.440. The molecule has 1 atom stereocenters. The molecule has 0 aromatic heterocycles. The van der Waals surface area contributed by atoms with Crippen LogP contribution < -0.4 is 15.0 Å². The molecule has 0 unspecified atom stereocenters. The first-order valence-electron chi connectivity index (χ1n) is 10.9. The van der Waals surface area contributed by atoms with Gasteiger partial charge in [-0.15, -0.1) is 0 Å². The van der Waals surface area contributed by atoms with Crippen LogP contribution >= 0.6 is 0 Å². The zero-order valence-electron chi connectivity index (χ0n) is 18.9. The van der Waals surface area contributed by atoms with Gasteiger partial charge in [-0.3, -0.25) is 9.59 Å². The van der Waals surface area contributed by atoms with Crippen molar-refractivity contribution >= 4 is 17.5 Å². The highest BCUT2D eigenvalue weighted by Gasteiger charge is 2.30. The average Bonchev–Trinajstić information content (AvgIpc) is 2.78. The fourth-order valence-electron chi connectivity index (χ4n) is 4.04. The van der Waals surface area contributed by atoms with Crippen LogP contribution in [0.3, 0.4) is 0 Å². The van der Waals surface area contributed by atoms with E-state index in [0.717, 1.165) is 30.1 Å². The van der Waals surface area contributed by atoms with Gasteiger partial charge in [0, 0.05) is 31.7 Å². The van der Waals surface area contributed by atoms with E-state index >= 15 is 0 Å². The number of anilines is 1. The van der Waals surface area contributed by atoms with Crippen LogP contribution in [-0.2, 0) is 4.79 Å². The zero-order chi connectivity index (χ0) is 22.4. The van der Waals surface area contributed by atoms with E-state index in [2.05, 4.69) is 24.1 Å². The quantitative estimate of drug-likeness (QED) is 0.741. The van der Waals surface area contributed by atoms with Gasteiger partial charge in [-0.1, -0.05) is 44.2 Å². The number of benzene rings is 2. The molecule has 1 aliphatic heterocycles. The van der Waals surface area contributed by atoms with Crippen molar-refractivity contribution in [2.45, 2.75) is 33.2 Å². The number of nitrogens with one attached hydrogen (secondary N) is 1. The molecule has 2 amide bonds. The Kier molecular flexibility index (Phi) is 7.55. The maximum Gasteiger partial charge on any atom is 0.252 e. The minimum Gasteiger partial charge on any atom is -0.495 e. The lowest BCUT2D eigenvalue weighted by molar-refractivity contribution is -0.134. The van der Waals surface area contributed by atoms with Crippen LogP contribution in [0, 0.1) is 12.8 Å². The highest BCUT2D eigenvalue weighted by molar-refractivity contribution is 5.98. The maximum atomic E-state index is 13.3. The van der Waals surface area contributed by atoms with Crippen molar-refractivity contribution in [3.05, 3.63) is 59.7 Å². The second-order valence-corrected chi connectivity index (χ2v) is 8.45. The van der Waals surface area contributed by atoms with Gasteiger partial charge in [0.15, 0.2) is 0 Å². The first-order valence-corrected chi connectivity index (χ1v) is 10.9. The highest BCUT2D eigenvalue weighted by Crippen LogP contribution is 2.28. The Morgan fingerprint density at radius 3 is 2.29 bits per heavy atom. The summed E-state index contributed by atoms with van der Waals surface area (Å²) >= 11 is 0. The van der Waals surface area contributed by atoms with Gasteiger partial charge in [-0.25, -0.2) is 0 Å². The van der Waals surface area contributed by atoms with E-state index in [9.17, 15) is 9.59 Å². The molecule has 1 fully saturated rings. The van der Waals surface area contributed by atoms with Gasteiger partial charge in [0.05, 0.1) is 12.8 Å². The zero-order valence-corrected chi connectivity index (χ0v) is 18.9. The minimum atomic E-state index is -0.523. The van der Waals surface area contributed by atoms with Crippen LogP contribution in [0.1, 0.15) is 36.2 Å². The van der Waals surface area contributed by atoms with Crippen molar-refractivity contribution in [3.8, 4) is 5.75 Å². The van der Waals surface area contributed by atoms with Crippen LogP contribution in [-0.4, -0.2) is 56.0 Å². The number of methoxy groups -OCH3 is 1. The minimum absolute atomic E-state index is 0.00434. The molecule has 2 aromatic carbocycles. The normalized spacial score (nSPS) is 15.0. The summed E-state index contributed by atoms with van der Waals surface area (Å²) in [6.07, 6.45) is 0.614. The Bertz CT molecular complexity index is 904. The topological polar surface area (TPSA) is 61.9 Å². The molecule has 0 bridgehead atoms. The van der Waals surface area contributed by atoms with Crippen LogP contribution in [0.2, 0.25) is 0 Å². The van der Waals surface area contributed by atoms with Crippen LogP contribution in [0.15, 0.2) is 48.5 Å². The molecule has 0 radical (unpaired) electrons. The van der Waals surface area contributed by atoms with Gasteiger partial charge >= 0.3 is 0 Å². The number of nitrogens with zero attached hydrogens (tertiary/aromatic N) is 2. The number of piperazine rings is 1. The lowest BCUT2D eigenvalue weighted by atomic mass is 10.0. The number of carbonyl (C=O) groups is 2. The third-order valence-electron chi connectivity index (χ3n) is 5.72. The van der Waals surface area contributed by atoms with Gasteiger partial charge < -0.3 is 19.9 Å².